The summed E-state index contributed by atoms with van der Waals surface area (Å²) >= 11 is 1.43. The molecular formula is C16H18N4O3S. The minimum atomic E-state index is -0.154. The summed E-state index contributed by atoms with van der Waals surface area (Å²) in [7, 11) is 0. The molecule has 2 aromatic rings. The van der Waals surface area contributed by atoms with E-state index in [9.17, 15) is 14.4 Å². The van der Waals surface area contributed by atoms with Crippen molar-refractivity contribution in [3.8, 4) is 0 Å². The van der Waals surface area contributed by atoms with Crippen molar-refractivity contribution in [2.75, 3.05) is 25.0 Å². The highest BCUT2D eigenvalue weighted by Crippen LogP contribution is 2.25. The fourth-order valence-electron chi connectivity index (χ4n) is 2.52. The number of hydrogen-bond acceptors (Lipinski definition) is 5. The van der Waals surface area contributed by atoms with Crippen molar-refractivity contribution in [2.24, 2.45) is 0 Å². The average Bonchev–Trinajstić information content (AvgIpc) is 2.96. The van der Waals surface area contributed by atoms with Gasteiger partial charge in [0.25, 0.3) is 0 Å². The van der Waals surface area contributed by atoms with E-state index in [1.54, 1.807) is 0 Å². The number of nitrogens with one attached hydrogen (secondary N) is 2. The second-order valence-electron chi connectivity index (χ2n) is 5.55. The molecular weight excluding hydrogens is 328 g/mol. The molecule has 3 rings (SSSR count). The Bertz CT molecular complexity index is 741. The summed E-state index contributed by atoms with van der Waals surface area (Å²) in [6.45, 7) is 1.13. The topological polar surface area (TPSA) is 91.4 Å². The van der Waals surface area contributed by atoms with Gasteiger partial charge in [-0.1, -0.05) is 23.5 Å². The van der Waals surface area contributed by atoms with Gasteiger partial charge in [-0.15, -0.1) is 0 Å². The van der Waals surface area contributed by atoms with Crippen LogP contribution in [0.1, 0.15) is 19.3 Å². The van der Waals surface area contributed by atoms with Crippen molar-refractivity contribution in [1.29, 1.82) is 0 Å². The van der Waals surface area contributed by atoms with E-state index in [0.29, 0.717) is 24.6 Å². The Labute approximate surface area is 143 Å². The minimum absolute atomic E-state index is 0.0855. The van der Waals surface area contributed by atoms with E-state index in [0.717, 1.165) is 10.2 Å². The molecule has 1 aliphatic heterocycles. The van der Waals surface area contributed by atoms with Crippen LogP contribution in [0.4, 0.5) is 5.13 Å². The molecule has 2 N–H and O–H groups in total. The molecule has 1 saturated heterocycles. The Morgan fingerprint density at radius 2 is 2.12 bits per heavy atom. The van der Waals surface area contributed by atoms with Crippen LogP contribution < -0.4 is 10.6 Å². The molecule has 0 atom stereocenters. The molecule has 0 saturated carbocycles. The molecule has 0 unspecified atom stereocenters. The van der Waals surface area contributed by atoms with Crippen LogP contribution in [-0.4, -0.2) is 47.2 Å². The Morgan fingerprint density at radius 3 is 2.92 bits per heavy atom. The molecule has 2 heterocycles. The largest absolute Gasteiger partial charge is 0.353 e. The van der Waals surface area contributed by atoms with Gasteiger partial charge in [0.15, 0.2) is 5.13 Å². The first-order chi connectivity index (χ1) is 11.6. The lowest BCUT2D eigenvalue weighted by atomic mass is 10.2. The first kappa shape index (κ1) is 16.4. The standard InChI is InChI=1S/C16H18N4O3S/c21-13(19-16-18-11-4-1-2-5-12(11)24-16)6-3-7-15(23)20-9-8-17-14(22)10-20/h1-2,4-5H,3,6-10H2,(H,17,22)(H,18,19,21). The molecule has 0 bridgehead atoms. The maximum absolute atomic E-state index is 12.0. The Kier molecular flexibility index (Phi) is 5.05. The van der Waals surface area contributed by atoms with E-state index >= 15 is 0 Å². The molecule has 8 heteroatoms. The quantitative estimate of drug-likeness (QED) is 0.855. The first-order valence-electron chi connectivity index (χ1n) is 7.82. The number of benzene rings is 1. The number of anilines is 1. The summed E-state index contributed by atoms with van der Waals surface area (Å²) < 4.78 is 1.02. The third-order valence-electron chi connectivity index (χ3n) is 3.73. The predicted molar refractivity (Wildman–Crippen MR) is 91.7 cm³/mol. The van der Waals surface area contributed by atoms with Crippen LogP contribution in [-0.2, 0) is 14.4 Å². The zero-order chi connectivity index (χ0) is 16.9. The van der Waals surface area contributed by atoms with Crippen LogP contribution in [0.3, 0.4) is 0 Å². The summed E-state index contributed by atoms with van der Waals surface area (Å²) in [6, 6.07) is 7.68. The molecule has 24 heavy (non-hydrogen) atoms. The normalized spacial score (nSPS) is 14.5. The van der Waals surface area contributed by atoms with Crippen molar-refractivity contribution < 1.29 is 14.4 Å². The minimum Gasteiger partial charge on any atom is -0.353 e. The van der Waals surface area contributed by atoms with Gasteiger partial charge in [0.05, 0.1) is 16.8 Å². The number of aromatic nitrogens is 1. The second kappa shape index (κ2) is 7.39. The fourth-order valence-corrected chi connectivity index (χ4v) is 3.40. The maximum Gasteiger partial charge on any atom is 0.239 e. The van der Waals surface area contributed by atoms with Gasteiger partial charge in [0.1, 0.15) is 0 Å². The van der Waals surface area contributed by atoms with Gasteiger partial charge in [-0.3, -0.25) is 14.4 Å². The Morgan fingerprint density at radius 1 is 1.29 bits per heavy atom. The van der Waals surface area contributed by atoms with Gasteiger partial charge in [-0.2, -0.15) is 0 Å². The van der Waals surface area contributed by atoms with E-state index < -0.39 is 0 Å². The highest BCUT2D eigenvalue weighted by molar-refractivity contribution is 7.22. The van der Waals surface area contributed by atoms with Crippen LogP contribution in [0.2, 0.25) is 0 Å². The number of thiazole rings is 1. The number of para-hydroxylation sites is 1. The molecule has 0 radical (unpaired) electrons. The number of amides is 3. The highest BCUT2D eigenvalue weighted by atomic mass is 32.1. The summed E-state index contributed by atoms with van der Waals surface area (Å²) in [4.78, 5) is 41.1. The SMILES string of the molecule is O=C1CN(C(=O)CCCC(=O)Nc2nc3ccccc3s2)CCN1. The molecule has 1 aromatic heterocycles. The summed E-state index contributed by atoms with van der Waals surface area (Å²) in [5.74, 6) is -0.376. The predicted octanol–water partition coefficient (Wildman–Crippen LogP) is 1.36. The van der Waals surface area contributed by atoms with E-state index in [2.05, 4.69) is 15.6 Å². The summed E-state index contributed by atoms with van der Waals surface area (Å²) in [5, 5.41) is 6.02. The first-order valence-corrected chi connectivity index (χ1v) is 8.63. The van der Waals surface area contributed by atoms with Crippen LogP contribution in [0.5, 0.6) is 0 Å². The van der Waals surface area contributed by atoms with Gasteiger partial charge in [0, 0.05) is 25.9 Å². The smallest absolute Gasteiger partial charge is 0.239 e. The number of carbonyl (C=O) groups excluding carboxylic acids is 3. The molecule has 3 amide bonds. The molecule has 1 aromatic carbocycles. The molecule has 7 nitrogen and oxygen atoms in total. The van der Waals surface area contributed by atoms with E-state index in [1.807, 2.05) is 24.3 Å². The van der Waals surface area contributed by atoms with Crippen molar-refractivity contribution in [2.45, 2.75) is 19.3 Å². The molecule has 126 valence electrons. The van der Waals surface area contributed by atoms with Crippen molar-refractivity contribution in [3.05, 3.63) is 24.3 Å². The van der Waals surface area contributed by atoms with E-state index in [-0.39, 0.29) is 37.1 Å². The highest BCUT2D eigenvalue weighted by Gasteiger charge is 2.20. The van der Waals surface area contributed by atoms with Gasteiger partial charge in [-0.05, 0) is 18.6 Å². The Hall–Kier alpha value is -2.48. The van der Waals surface area contributed by atoms with Crippen LogP contribution in [0, 0.1) is 0 Å². The maximum atomic E-state index is 12.0. The molecule has 1 aliphatic rings. The van der Waals surface area contributed by atoms with Gasteiger partial charge < -0.3 is 15.5 Å². The van der Waals surface area contributed by atoms with Crippen molar-refractivity contribution >= 4 is 44.4 Å². The Balaban J connectivity index is 1.43. The lowest BCUT2D eigenvalue weighted by Crippen LogP contribution is -2.49. The fraction of sp³-hybridized carbons (Fsp3) is 0.375. The van der Waals surface area contributed by atoms with Crippen LogP contribution in [0.25, 0.3) is 10.2 Å². The monoisotopic (exact) mass is 346 g/mol. The second-order valence-corrected chi connectivity index (χ2v) is 6.58. The number of nitrogens with zero attached hydrogens (tertiary/aromatic N) is 2. The van der Waals surface area contributed by atoms with Crippen LogP contribution >= 0.6 is 11.3 Å². The zero-order valence-corrected chi connectivity index (χ0v) is 13.9. The zero-order valence-electron chi connectivity index (χ0n) is 13.1. The van der Waals surface area contributed by atoms with Gasteiger partial charge in [0.2, 0.25) is 17.7 Å². The lowest BCUT2D eigenvalue weighted by molar-refractivity contribution is -0.138. The van der Waals surface area contributed by atoms with Crippen LogP contribution in [0.15, 0.2) is 24.3 Å². The van der Waals surface area contributed by atoms with E-state index in [4.69, 9.17) is 0 Å². The van der Waals surface area contributed by atoms with E-state index in [1.165, 1.54) is 16.2 Å². The third kappa shape index (κ3) is 4.08. The molecule has 0 spiro atoms. The number of carbonyl (C=O) groups is 3. The van der Waals surface area contributed by atoms with Gasteiger partial charge in [-0.25, -0.2) is 4.98 Å². The summed E-state index contributed by atoms with van der Waals surface area (Å²) in [6.07, 6.45) is 0.968. The number of fused-ring (bicyclic) bond motifs is 1. The lowest BCUT2D eigenvalue weighted by Gasteiger charge is -2.26. The average molecular weight is 346 g/mol. The van der Waals surface area contributed by atoms with Crippen molar-refractivity contribution in [1.82, 2.24) is 15.2 Å². The summed E-state index contributed by atoms with van der Waals surface area (Å²) in [5.41, 5.74) is 0.858. The third-order valence-corrected chi connectivity index (χ3v) is 4.68. The molecule has 0 aliphatic carbocycles. The molecule has 1 fully saturated rings. The van der Waals surface area contributed by atoms with Crippen molar-refractivity contribution in [3.63, 3.8) is 0 Å². The number of piperazine rings is 1. The van der Waals surface area contributed by atoms with Gasteiger partial charge >= 0.3 is 0 Å². The number of rotatable bonds is 5. The number of hydrogen-bond donors (Lipinski definition) is 2.